The first kappa shape index (κ1) is 21.1. The first-order chi connectivity index (χ1) is 13.8. The van der Waals surface area contributed by atoms with E-state index in [2.05, 4.69) is 15.4 Å². The van der Waals surface area contributed by atoms with Crippen molar-refractivity contribution in [2.75, 3.05) is 19.0 Å². The molecule has 1 amide bonds. The Kier molecular flexibility index (Phi) is 6.39. The predicted octanol–water partition coefficient (Wildman–Crippen LogP) is 2.51. The average Bonchev–Trinajstić information content (AvgIpc) is 2.93. The van der Waals surface area contributed by atoms with Crippen LogP contribution in [0.2, 0.25) is 0 Å². The summed E-state index contributed by atoms with van der Waals surface area (Å²) in [5, 5.41) is 7.85. The first-order valence-electron chi connectivity index (χ1n) is 9.29. The summed E-state index contributed by atoms with van der Waals surface area (Å²) in [6.45, 7) is 6.30. The third-order valence-electron chi connectivity index (χ3n) is 4.75. The van der Waals surface area contributed by atoms with Crippen LogP contribution in [-0.2, 0) is 23.1 Å². The summed E-state index contributed by atoms with van der Waals surface area (Å²) in [5.41, 5.74) is 2.83. The van der Waals surface area contributed by atoms with Crippen molar-refractivity contribution < 1.29 is 9.53 Å². The summed E-state index contributed by atoms with van der Waals surface area (Å²) >= 11 is 1.25. The molecule has 9 heteroatoms. The second-order valence-electron chi connectivity index (χ2n) is 6.78. The molecule has 0 saturated heterocycles. The average molecular weight is 416 g/mol. The summed E-state index contributed by atoms with van der Waals surface area (Å²) in [7, 11) is 3.42. The second-order valence-corrected chi connectivity index (χ2v) is 8.09. The molecule has 2 heterocycles. The molecule has 8 nitrogen and oxygen atoms in total. The number of anilines is 1. The predicted molar refractivity (Wildman–Crippen MR) is 115 cm³/mol. The van der Waals surface area contributed by atoms with Gasteiger partial charge in [0, 0.05) is 14.2 Å². The van der Waals surface area contributed by atoms with E-state index >= 15 is 0 Å². The SMILES string of the molecule is COCCn1c(S[C@H](C)C(=O)Nc2c(C)nn(C)c2C)nc2ccccc2c1=O. The number of hydrogen-bond donors (Lipinski definition) is 1. The molecule has 0 bridgehead atoms. The fourth-order valence-electron chi connectivity index (χ4n) is 3.01. The molecule has 29 heavy (non-hydrogen) atoms. The molecule has 0 radical (unpaired) electrons. The van der Waals surface area contributed by atoms with Crippen molar-refractivity contribution >= 4 is 34.3 Å². The van der Waals surface area contributed by atoms with Crippen molar-refractivity contribution in [1.82, 2.24) is 19.3 Å². The number of hydrogen-bond acceptors (Lipinski definition) is 6. The molecule has 1 N–H and O–H groups in total. The van der Waals surface area contributed by atoms with Crippen LogP contribution in [-0.4, -0.2) is 44.2 Å². The highest BCUT2D eigenvalue weighted by molar-refractivity contribution is 8.00. The lowest BCUT2D eigenvalue weighted by atomic mass is 10.2. The highest BCUT2D eigenvalue weighted by Gasteiger charge is 2.21. The Morgan fingerprint density at radius 1 is 1.31 bits per heavy atom. The molecule has 2 aromatic heterocycles. The maximum Gasteiger partial charge on any atom is 0.262 e. The van der Waals surface area contributed by atoms with Crippen molar-refractivity contribution in [2.45, 2.75) is 37.7 Å². The molecule has 1 atom stereocenters. The molecule has 0 saturated carbocycles. The molecule has 0 aliphatic carbocycles. The number of fused-ring (bicyclic) bond motifs is 1. The summed E-state index contributed by atoms with van der Waals surface area (Å²) in [6, 6.07) is 7.21. The van der Waals surface area contributed by atoms with Gasteiger partial charge in [0.15, 0.2) is 5.16 Å². The van der Waals surface area contributed by atoms with Crippen LogP contribution in [0.5, 0.6) is 0 Å². The minimum Gasteiger partial charge on any atom is -0.383 e. The number of para-hydroxylation sites is 1. The van der Waals surface area contributed by atoms with E-state index in [1.165, 1.54) is 11.8 Å². The molecule has 0 unspecified atom stereocenters. The van der Waals surface area contributed by atoms with Crippen molar-refractivity contribution in [3.63, 3.8) is 0 Å². The summed E-state index contributed by atoms with van der Waals surface area (Å²) in [6.07, 6.45) is 0. The minimum atomic E-state index is -0.462. The zero-order valence-electron chi connectivity index (χ0n) is 17.2. The number of aromatic nitrogens is 4. The van der Waals surface area contributed by atoms with Gasteiger partial charge in [0.2, 0.25) is 5.91 Å². The third-order valence-corrected chi connectivity index (χ3v) is 5.84. The molecule has 0 aliphatic heterocycles. The molecule has 3 rings (SSSR count). The summed E-state index contributed by atoms with van der Waals surface area (Å²) in [4.78, 5) is 30.4. The molecule has 0 fully saturated rings. The largest absolute Gasteiger partial charge is 0.383 e. The standard InChI is InChI=1S/C20H25N5O3S/c1-12-17(13(2)24(4)23-12)22-18(26)14(3)29-20-21-16-9-7-6-8-15(16)19(27)25(20)10-11-28-5/h6-9,14H,10-11H2,1-5H3,(H,22,26)/t14-/m1/s1. The number of rotatable bonds is 7. The number of ether oxygens (including phenoxy) is 1. The fourth-order valence-corrected chi connectivity index (χ4v) is 3.94. The van der Waals surface area contributed by atoms with Gasteiger partial charge in [-0.15, -0.1) is 0 Å². The summed E-state index contributed by atoms with van der Waals surface area (Å²) < 4.78 is 8.45. The van der Waals surface area contributed by atoms with Crippen LogP contribution < -0.4 is 10.9 Å². The van der Waals surface area contributed by atoms with Gasteiger partial charge >= 0.3 is 0 Å². The Morgan fingerprint density at radius 2 is 2.03 bits per heavy atom. The van der Waals surface area contributed by atoms with Crippen LogP contribution in [0.1, 0.15) is 18.3 Å². The molecule has 0 aliphatic rings. The molecule has 154 valence electrons. The number of nitrogens with one attached hydrogen (secondary N) is 1. The first-order valence-corrected chi connectivity index (χ1v) is 10.2. The van der Waals surface area contributed by atoms with Gasteiger partial charge in [-0.2, -0.15) is 5.10 Å². The van der Waals surface area contributed by atoms with Gasteiger partial charge in [0.05, 0.1) is 46.4 Å². The zero-order chi connectivity index (χ0) is 21.1. The van der Waals surface area contributed by atoms with Gasteiger partial charge in [-0.05, 0) is 32.9 Å². The fraction of sp³-hybridized carbons (Fsp3) is 0.400. The van der Waals surface area contributed by atoms with E-state index in [4.69, 9.17) is 4.74 Å². The van der Waals surface area contributed by atoms with Crippen molar-refractivity contribution in [1.29, 1.82) is 0 Å². The Bertz CT molecular complexity index is 1110. The highest BCUT2D eigenvalue weighted by Crippen LogP contribution is 2.25. The molecular weight excluding hydrogens is 390 g/mol. The normalized spacial score (nSPS) is 12.3. The molecular formula is C20H25N5O3S. The number of benzene rings is 1. The minimum absolute atomic E-state index is 0.137. The number of aryl methyl sites for hydroxylation is 2. The Balaban J connectivity index is 1.89. The van der Waals surface area contributed by atoms with Gasteiger partial charge in [-0.25, -0.2) is 4.98 Å². The van der Waals surface area contributed by atoms with E-state index in [0.29, 0.717) is 34.9 Å². The topological polar surface area (TPSA) is 91.0 Å². The van der Waals surface area contributed by atoms with Crippen LogP contribution in [0.15, 0.2) is 34.2 Å². The lowest BCUT2D eigenvalue weighted by molar-refractivity contribution is -0.115. The second kappa shape index (κ2) is 8.79. The smallest absolute Gasteiger partial charge is 0.262 e. The summed E-state index contributed by atoms with van der Waals surface area (Å²) in [5.74, 6) is -0.171. The highest BCUT2D eigenvalue weighted by atomic mass is 32.2. The maximum atomic E-state index is 12.9. The van der Waals surface area contributed by atoms with E-state index in [1.807, 2.05) is 33.0 Å². The van der Waals surface area contributed by atoms with E-state index < -0.39 is 5.25 Å². The number of carbonyl (C=O) groups excluding carboxylic acids is 1. The monoisotopic (exact) mass is 415 g/mol. The van der Waals surface area contributed by atoms with Gasteiger partial charge in [-0.3, -0.25) is 18.8 Å². The van der Waals surface area contributed by atoms with E-state index in [0.717, 1.165) is 11.4 Å². The van der Waals surface area contributed by atoms with Crippen LogP contribution in [0.25, 0.3) is 10.9 Å². The van der Waals surface area contributed by atoms with Crippen molar-refractivity contribution in [3.05, 3.63) is 46.0 Å². The van der Waals surface area contributed by atoms with E-state index in [9.17, 15) is 9.59 Å². The maximum absolute atomic E-state index is 12.9. The quantitative estimate of drug-likeness (QED) is 0.471. The zero-order valence-corrected chi connectivity index (χ0v) is 18.0. The van der Waals surface area contributed by atoms with Gasteiger partial charge in [-0.1, -0.05) is 23.9 Å². The number of carbonyl (C=O) groups is 1. The lowest BCUT2D eigenvalue weighted by Gasteiger charge is -2.16. The van der Waals surface area contributed by atoms with Crippen molar-refractivity contribution in [3.8, 4) is 0 Å². The van der Waals surface area contributed by atoms with E-state index in [-0.39, 0.29) is 11.5 Å². The molecule has 0 spiro atoms. The number of amides is 1. The molecule has 3 aromatic rings. The van der Waals surface area contributed by atoms with Crippen LogP contribution >= 0.6 is 11.8 Å². The Morgan fingerprint density at radius 3 is 2.69 bits per heavy atom. The van der Waals surface area contributed by atoms with E-state index in [1.54, 1.807) is 35.4 Å². The van der Waals surface area contributed by atoms with Gasteiger partial charge in [0.25, 0.3) is 5.56 Å². The molecule has 1 aromatic carbocycles. The van der Waals surface area contributed by atoms with Crippen LogP contribution in [0, 0.1) is 13.8 Å². The number of thioether (sulfide) groups is 1. The van der Waals surface area contributed by atoms with Crippen LogP contribution in [0.4, 0.5) is 5.69 Å². The van der Waals surface area contributed by atoms with Gasteiger partial charge < -0.3 is 10.1 Å². The Labute approximate surface area is 173 Å². The van der Waals surface area contributed by atoms with Gasteiger partial charge in [0.1, 0.15) is 0 Å². The van der Waals surface area contributed by atoms with Crippen molar-refractivity contribution in [2.24, 2.45) is 7.05 Å². The lowest BCUT2D eigenvalue weighted by Crippen LogP contribution is -2.28. The third kappa shape index (κ3) is 4.35. The number of nitrogens with zero attached hydrogens (tertiary/aromatic N) is 4. The van der Waals surface area contributed by atoms with Crippen LogP contribution in [0.3, 0.4) is 0 Å². The Hall–Kier alpha value is -2.65. The number of methoxy groups -OCH3 is 1.